The largest absolute Gasteiger partial charge is 0.494 e. The minimum Gasteiger partial charge on any atom is -0.494 e. The van der Waals surface area contributed by atoms with Gasteiger partial charge >= 0.3 is 0 Å². The first-order valence-corrected chi connectivity index (χ1v) is 10.4. The van der Waals surface area contributed by atoms with E-state index in [0.717, 1.165) is 17.7 Å². The molecule has 1 N–H and O–H groups in total. The summed E-state index contributed by atoms with van der Waals surface area (Å²) in [6, 6.07) is 12.6. The molecule has 160 valence electrons. The monoisotopic (exact) mass is 439 g/mol. The fourth-order valence-electron chi connectivity index (χ4n) is 3.50. The summed E-state index contributed by atoms with van der Waals surface area (Å²) in [5, 5.41) is 3.50. The highest BCUT2D eigenvalue weighted by atomic mass is 35.5. The molecule has 0 spiro atoms. The number of hydrogen-bond acceptors (Lipinski definition) is 5. The maximum atomic E-state index is 12.4. The third-order valence-electron chi connectivity index (χ3n) is 5.08. The summed E-state index contributed by atoms with van der Waals surface area (Å²) in [4.78, 5) is 30.4. The molecule has 0 bridgehead atoms. The zero-order chi connectivity index (χ0) is 21.8. The van der Waals surface area contributed by atoms with Gasteiger partial charge in [-0.2, -0.15) is 0 Å². The molecular formula is C23H22ClN3O4. The molecule has 1 saturated heterocycles. The number of aryl methyl sites for hydroxylation is 1. The van der Waals surface area contributed by atoms with Crippen LogP contribution in [-0.2, 0) is 16.0 Å². The normalized spacial score (nSPS) is 13.5. The third kappa shape index (κ3) is 4.88. The summed E-state index contributed by atoms with van der Waals surface area (Å²) in [5.41, 5.74) is 2.19. The number of hydrogen-bond donors (Lipinski definition) is 1. The van der Waals surface area contributed by atoms with Gasteiger partial charge in [-0.15, -0.1) is 0 Å². The Kier molecular flexibility index (Phi) is 6.23. The maximum Gasteiger partial charge on any atom is 0.227 e. The number of aromatic nitrogens is 1. The Morgan fingerprint density at radius 3 is 2.77 bits per heavy atom. The van der Waals surface area contributed by atoms with Gasteiger partial charge in [-0.1, -0.05) is 11.6 Å². The van der Waals surface area contributed by atoms with Crippen molar-refractivity contribution in [2.24, 2.45) is 0 Å². The van der Waals surface area contributed by atoms with Gasteiger partial charge < -0.3 is 19.4 Å². The fraction of sp³-hybridized carbons (Fsp3) is 0.261. The fourth-order valence-corrected chi connectivity index (χ4v) is 3.62. The summed E-state index contributed by atoms with van der Waals surface area (Å²) in [5.74, 6) is 1.58. The molecule has 3 aromatic rings. The first-order valence-electron chi connectivity index (χ1n) is 10.0. The van der Waals surface area contributed by atoms with Crippen molar-refractivity contribution in [1.82, 2.24) is 4.98 Å². The zero-order valence-electron chi connectivity index (χ0n) is 17.1. The van der Waals surface area contributed by atoms with E-state index < -0.39 is 0 Å². The molecular weight excluding hydrogens is 418 g/mol. The number of nitrogens with one attached hydrogen (secondary N) is 1. The average Bonchev–Trinajstić information content (AvgIpc) is 3.42. The molecule has 0 unspecified atom stereocenters. The van der Waals surface area contributed by atoms with E-state index in [0.29, 0.717) is 47.5 Å². The lowest BCUT2D eigenvalue weighted by Gasteiger charge is -2.19. The Balaban J connectivity index is 1.36. The second-order valence-electron chi connectivity index (χ2n) is 7.21. The van der Waals surface area contributed by atoms with Crippen LogP contribution in [0, 0.1) is 0 Å². The van der Waals surface area contributed by atoms with Gasteiger partial charge in [0, 0.05) is 48.1 Å². The van der Waals surface area contributed by atoms with Gasteiger partial charge in [0.25, 0.3) is 0 Å². The highest BCUT2D eigenvalue weighted by molar-refractivity contribution is 6.30. The van der Waals surface area contributed by atoms with Crippen LogP contribution >= 0.6 is 11.6 Å². The van der Waals surface area contributed by atoms with Gasteiger partial charge in [0.2, 0.25) is 11.8 Å². The number of methoxy groups -OCH3 is 1. The van der Waals surface area contributed by atoms with Gasteiger partial charge in [-0.25, -0.2) is 4.98 Å². The Hall–Kier alpha value is -3.32. The van der Waals surface area contributed by atoms with Crippen LogP contribution in [0.3, 0.4) is 0 Å². The summed E-state index contributed by atoms with van der Waals surface area (Å²) in [6.07, 6.45) is 3.61. The van der Waals surface area contributed by atoms with E-state index >= 15 is 0 Å². The quantitative estimate of drug-likeness (QED) is 0.576. The number of benzene rings is 2. The molecule has 7 nitrogen and oxygen atoms in total. The van der Waals surface area contributed by atoms with Crippen molar-refractivity contribution >= 4 is 34.8 Å². The lowest BCUT2D eigenvalue weighted by atomic mass is 10.2. The van der Waals surface area contributed by atoms with Crippen LogP contribution in [0.25, 0.3) is 11.3 Å². The Labute approximate surface area is 185 Å². The molecule has 31 heavy (non-hydrogen) atoms. The van der Waals surface area contributed by atoms with Crippen LogP contribution in [-0.4, -0.2) is 30.5 Å². The molecule has 1 aliphatic heterocycles. The molecule has 2 amide bonds. The summed E-state index contributed by atoms with van der Waals surface area (Å²) >= 11 is 5.91. The molecule has 2 heterocycles. The van der Waals surface area contributed by atoms with Gasteiger partial charge in [0.1, 0.15) is 5.75 Å². The standard InChI is InChI=1S/C23H22ClN3O4/c1-30-19-13-17(8-9-18(19)27-12-2-3-23(27)29)26-21(28)10-11-22-25-14-20(31-22)15-4-6-16(24)7-5-15/h4-9,13-14H,2-3,10-12H2,1H3,(H,26,28). The van der Waals surface area contributed by atoms with Crippen LogP contribution in [0.15, 0.2) is 53.1 Å². The smallest absolute Gasteiger partial charge is 0.227 e. The second-order valence-corrected chi connectivity index (χ2v) is 7.65. The highest BCUT2D eigenvalue weighted by Crippen LogP contribution is 2.34. The molecule has 1 aromatic heterocycles. The Bertz CT molecular complexity index is 1090. The first kappa shape index (κ1) is 20.9. The van der Waals surface area contributed by atoms with Gasteiger partial charge in [0.05, 0.1) is 19.0 Å². The van der Waals surface area contributed by atoms with Crippen molar-refractivity contribution < 1.29 is 18.7 Å². The average molecular weight is 440 g/mol. The van der Waals surface area contributed by atoms with Crippen molar-refractivity contribution in [2.75, 3.05) is 23.9 Å². The van der Waals surface area contributed by atoms with E-state index in [9.17, 15) is 9.59 Å². The Morgan fingerprint density at radius 2 is 2.06 bits per heavy atom. The number of rotatable bonds is 7. The van der Waals surface area contributed by atoms with Crippen LogP contribution in [0.1, 0.15) is 25.2 Å². The molecule has 0 saturated carbocycles. The molecule has 0 radical (unpaired) electrons. The van der Waals surface area contributed by atoms with E-state index in [1.54, 1.807) is 48.5 Å². The minimum absolute atomic E-state index is 0.0824. The highest BCUT2D eigenvalue weighted by Gasteiger charge is 2.24. The zero-order valence-corrected chi connectivity index (χ0v) is 17.8. The number of carbonyl (C=O) groups excluding carboxylic acids is 2. The number of nitrogens with zero attached hydrogens (tertiary/aromatic N) is 2. The van der Waals surface area contributed by atoms with Crippen LogP contribution in [0.2, 0.25) is 5.02 Å². The molecule has 1 aliphatic rings. The first-order chi connectivity index (χ1) is 15.0. The molecule has 1 fully saturated rings. The maximum absolute atomic E-state index is 12.4. The predicted octanol–water partition coefficient (Wildman–Crippen LogP) is 4.70. The van der Waals surface area contributed by atoms with E-state index in [-0.39, 0.29) is 18.2 Å². The summed E-state index contributed by atoms with van der Waals surface area (Å²) in [7, 11) is 1.55. The molecule has 2 aromatic carbocycles. The Morgan fingerprint density at radius 1 is 1.26 bits per heavy atom. The molecule has 0 atom stereocenters. The van der Waals surface area contributed by atoms with E-state index in [4.69, 9.17) is 20.8 Å². The van der Waals surface area contributed by atoms with Crippen LogP contribution < -0.4 is 15.0 Å². The summed E-state index contributed by atoms with van der Waals surface area (Å²) < 4.78 is 11.2. The minimum atomic E-state index is -0.168. The topological polar surface area (TPSA) is 84.7 Å². The third-order valence-corrected chi connectivity index (χ3v) is 5.33. The molecule has 8 heteroatoms. The second kappa shape index (κ2) is 9.22. The van der Waals surface area contributed by atoms with Gasteiger partial charge in [-0.05, 0) is 42.8 Å². The number of oxazole rings is 1. The van der Waals surface area contributed by atoms with Crippen molar-refractivity contribution in [1.29, 1.82) is 0 Å². The van der Waals surface area contributed by atoms with Gasteiger partial charge in [0.15, 0.2) is 11.7 Å². The van der Waals surface area contributed by atoms with Crippen LogP contribution in [0.5, 0.6) is 5.75 Å². The lowest BCUT2D eigenvalue weighted by molar-refractivity contribution is -0.117. The molecule has 4 rings (SSSR count). The van der Waals surface area contributed by atoms with Gasteiger partial charge in [-0.3, -0.25) is 9.59 Å². The van der Waals surface area contributed by atoms with Crippen molar-refractivity contribution in [3.63, 3.8) is 0 Å². The number of anilines is 2. The van der Waals surface area contributed by atoms with Crippen molar-refractivity contribution in [2.45, 2.75) is 25.7 Å². The van der Waals surface area contributed by atoms with Crippen molar-refractivity contribution in [3.8, 4) is 17.1 Å². The van der Waals surface area contributed by atoms with E-state index in [2.05, 4.69) is 10.3 Å². The van der Waals surface area contributed by atoms with Crippen LogP contribution in [0.4, 0.5) is 11.4 Å². The summed E-state index contributed by atoms with van der Waals surface area (Å²) in [6.45, 7) is 0.676. The lowest BCUT2D eigenvalue weighted by Crippen LogP contribution is -2.24. The number of ether oxygens (including phenoxy) is 1. The number of amides is 2. The van der Waals surface area contributed by atoms with Crippen molar-refractivity contribution in [3.05, 3.63) is 59.6 Å². The van der Waals surface area contributed by atoms with E-state index in [1.165, 1.54) is 0 Å². The SMILES string of the molecule is COc1cc(NC(=O)CCc2ncc(-c3ccc(Cl)cc3)o2)ccc1N1CCCC1=O. The number of halogens is 1. The molecule has 0 aliphatic carbocycles. The predicted molar refractivity (Wildman–Crippen MR) is 118 cm³/mol. The van der Waals surface area contributed by atoms with E-state index in [1.807, 2.05) is 12.1 Å². The number of carbonyl (C=O) groups is 2.